The number of ether oxygens (including phenoxy) is 2. The van der Waals surface area contributed by atoms with E-state index in [1.54, 1.807) is 6.20 Å². The number of carbonyl (C=O) groups is 1. The third-order valence-corrected chi connectivity index (χ3v) is 5.80. The Hall–Kier alpha value is -2.23. The van der Waals surface area contributed by atoms with Crippen LogP contribution in [0.3, 0.4) is 0 Å². The van der Waals surface area contributed by atoms with Crippen LogP contribution in [0.25, 0.3) is 4.96 Å². The third kappa shape index (κ3) is 2.54. The highest BCUT2D eigenvalue weighted by Gasteiger charge is 2.40. The number of nitrogens with zero attached hydrogens (tertiary/aromatic N) is 5. The van der Waals surface area contributed by atoms with Crippen LogP contribution in [0.15, 0.2) is 30.0 Å². The number of amides is 1. The molecule has 0 unspecified atom stereocenters. The van der Waals surface area contributed by atoms with Crippen molar-refractivity contribution in [1.29, 1.82) is 0 Å². The molecule has 2 atom stereocenters. The minimum Gasteiger partial charge on any atom is -0.371 e. The molecule has 136 valence electrons. The molecule has 8 nitrogen and oxygen atoms in total. The van der Waals surface area contributed by atoms with Gasteiger partial charge in [0.2, 0.25) is 0 Å². The van der Waals surface area contributed by atoms with E-state index in [4.69, 9.17) is 9.47 Å². The van der Waals surface area contributed by atoms with Crippen molar-refractivity contribution < 1.29 is 14.3 Å². The summed E-state index contributed by atoms with van der Waals surface area (Å²) in [5.41, 5.74) is 1.39. The van der Waals surface area contributed by atoms with Crippen LogP contribution < -0.4 is 0 Å². The van der Waals surface area contributed by atoms with Crippen LogP contribution in [0, 0.1) is 6.92 Å². The maximum absolute atomic E-state index is 13.1. The molecule has 0 bridgehead atoms. The number of imidazole rings is 1. The second kappa shape index (κ2) is 6.19. The molecule has 9 heteroatoms. The summed E-state index contributed by atoms with van der Waals surface area (Å²) >= 11 is 1.53. The van der Waals surface area contributed by atoms with Gasteiger partial charge in [0, 0.05) is 37.1 Å². The van der Waals surface area contributed by atoms with Crippen molar-refractivity contribution in [2.75, 3.05) is 26.3 Å². The predicted molar refractivity (Wildman–Crippen MR) is 94.5 cm³/mol. The summed E-state index contributed by atoms with van der Waals surface area (Å²) in [5, 5.41) is 6.21. The smallest absolute Gasteiger partial charge is 0.272 e. The summed E-state index contributed by atoms with van der Waals surface area (Å²) in [6, 6.07) is 1.97. The lowest BCUT2D eigenvalue weighted by Crippen LogP contribution is -2.32. The molecule has 5 rings (SSSR count). The van der Waals surface area contributed by atoms with Crippen molar-refractivity contribution in [1.82, 2.24) is 24.1 Å². The Labute approximate surface area is 153 Å². The first-order valence-corrected chi connectivity index (χ1v) is 9.52. The van der Waals surface area contributed by atoms with Gasteiger partial charge in [-0.15, -0.1) is 11.3 Å². The summed E-state index contributed by atoms with van der Waals surface area (Å²) < 4.78 is 15.9. The summed E-state index contributed by atoms with van der Waals surface area (Å²) in [6.45, 7) is 4.01. The van der Waals surface area contributed by atoms with Crippen LogP contribution in [0.5, 0.6) is 0 Å². The average molecular weight is 373 g/mol. The van der Waals surface area contributed by atoms with Crippen molar-refractivity contribution in [3.63, 3.8) is 0 Å². The number of rotatable bonds is 2. The highest BCUT2D eigenvalue weighted by Crippen LogP contribution is 2.26. The van der Waals surface area contributed by atoms with E-state index in [0.29, 0.717) is 32.0 Å². The van der Waals surface area contributed by atoms with E-state index >= 15 is 0 Å². The Morgan fingerprint density at radius 3 is 2.69 bits per heavy atom. The molecule has 0 N–H and O–H groups in total. The number of likely N-dealkylation sites (tertiary alicyclic amines) is 1. The molecule has 2 fully saturated rings. The van der Waals surface area contributed by atoms with Crippen LogP contribution in [0.2, 0.25) is 0 Å². The van der Waals surface area contributed by atoms with E-state index in [9.17, 15) is 4.79 Å². The Morgan fingerprint density at radius 1 is 1.23 bits per heavy atom. The molecule has 3 aromatic rings. The number of carbonyl (C=O) groups excluding carboxylic acids is 1. The lowest BCUT2D eigenvalue weighted by molar-refractivity contribution is -0.00461. The van der Waals surface area contributed by atoms with Gasteiger partial charge in [0.25, 0.3) is 5.91 Å². The summed E-state index contributed by atoms with van der Waals surface area (Å²) in [4.78, 5) is 20.2. The summed E-state index contributed by atoms with van der Waals surface area (Å²) in [6.07, 6.45) is 5.35. The number of thiazole rings is 1. The van der Waals surface area contributed by atoms with Crippen molar-refractivity contribution in [3.05, 3.63) is 41.4 Å². The number of hydrogen-bond acceptors (Lipinski definition) is 6. The van der Waals surface area contributed by atoms with Gasteiger partial charge in [-0.3, -0.25) is 13.9 Å². The maximum atomic E-state index is 13.1. The van der Waals surface area contributed by atoms with Crippen molar-refractivity contribution in [2.24, 2.45) is 0 Å². The second-order valence-corrected chi connectivity index (χ2v) is 7.57. The molecule has 3 aromatic heterocycles. The fraction of sp³-hybridized carbons (Fsp3) is 0.471. The predicted octanol–water partition coefficient (Wildman–Crippen LogP) is 1.38. The molecule has 2 saturated heterocycles. The average Bonchev–Trinajstić information content (AvgIpc) is 3.38. The number of hydrogen-bond donors (Lipinski definition) is 0. The maximum Gasteiger partial charge on any atom is 0.272 e. The van der Waals surface area contributed by atoms with Crippen molar-refractivity contribution in [3.8, 4) is 0 Å². The molecule has 1 amide bonds. The highest BCUT2D eigenvalue weighted by atomic mass is 32.1. The fourth-order valence-corrected chi connectivity index (χ4v) is 4.46. The van der Waals surface area contributed by atoms with Crippen LogP contribution in [0.4, 0.5) is 0 Å². The Bertz CT molecular complexity index is 918. The van der Waals surface area contributed by atoms with Gasteiger partial charge in [-0.2, -0.15) is 5.10 Å². The molecule has 0 saturated carbocycles. The highest BCUT2D eigenvalue weighted by molar-refractivity contribution is 7.15. The zero-order valence-corrected chi connectivity index (χ0v) is 15.1. The topological polar surface area (TPSA) is 73.9 Å². The molecule has 0 radical (unpaired) electrons. The Morgan fingerprint density at radius 2 is 2.00 bits per heavy atom. The largest absolute Gasteiger partial charge is 0.371 e. The molecular weight excluding hydrogens is 354 g/mol. The minimum atomic E-state index is -0.106. The van der Waals surface area contributed by atoms with Crippen LogP contribution in [-0.4, -0.2) is 68.5 Å². The van der Waals surface area contributed by atoms with Gasteiger partial charge in [-0.25, -0.2) is 4.98 Å². The van der Waals surface area contributed by atoms with Gasteiger partial charge in [0.15, 0.2) is 4.96 Å². The van der Waals surface area contributed by atoms with Gasteiger partial charge < -0.3 is 14.4 Å². The Balaban J connectivity index is 1.32. The van der Waals surface area contributed by atoms with Crippen molar-refractivity contribution in [2.45, 2.75) is 25.2 Å². The van der Waals surface area contributed by atoms with Gasteiger partial charge in [0.1, 0.15) is 17.9 Å². The van der Waals surface area contributed by atoms with Gasteiger partial charge in [-0.05, 0) is 13.0 Å². The number of fused-ring (bicyclic) bond motifs is 2. The first-order chi connectivity index (χ1) is 12.7. The van der Waals surface area contributed by atoms with E-state index in [-0.39, 0.29) is 24.2 Å². The fourth-order valence-electron chi connectivity index (χ4n) is 3.70. The monoisotopic (exact) mass is 373 g/mol. The number of aryl methyl sites for hydroxylation is 1. The zero-order chi connectivity index (χ0) is 17.7. The van der Waals surface area contributed by atoms with Crippen LogP contribution in [0.1, 0.15) is 22.2 Å². The first-order valence-electron chi connectivity index (χ1n) is 8.64. The number of aromatic nitrogens is 4. The van der Waals surface area contributed by atoms with E-state index in [2.05, 4.69) is 10.1 Å². The first kappa shape index (κ1) is 16.0. The van der Waals surface area contributed by atoms with Gasteiger partial charge >= 0.3 is 0 Å². The second-order valence-electron chi connectivity index (χ2n) is 6.70. The molecule has 0 aromatic carbocycles. The van der Waals surface area contributed by atoms with E-state index in [0.717, 1.165) is 10.7 Å². The van der Waals surface area contributed by atoms with E-state index < -0.39 is 0 Å². The molecule has 0 aliphatic carbocycles. The van der Waals surface area contributed by atoms with Gasteiger partial charge in [-0.1, -0.05) is 0 Å². The molecule has 2 aliphatic heterocycles. The lowest BCUT2D eigenvalue weighted by atomic mass is 10.3. The third-order valence-electron chi connectivity index (χ3n) is 5.05. The van der Waals surface area contributed by atoms with Crippen molar-refractivity contribution >= 4 is 22.2 Å². The SMILES string of the molecule is Cc1nc2sccn2c1C(=O)N1C[C@@H]2OCC(n3cccn3)CO[C@H]2C1. The van der Waals surface area contributed by atoms with Gasteiger partial charge in [0.05, 0.1) is 24.9 Å². The standard InChI is InChI=1S/C17H19N5O3S/c1-11-15(21-5-6-26-17(21)19-11)16(23)20-7-13-14(8-20)25-10-12(9-24-13)22-4-2-3-18-22/h2-6,12-14H,7-10H2,1H3/t13-,14-/m0/s1. The van der Waals surface area contributed by atoms with Crippen LogP contribution >= 0.6 is 11.3 Å². The molecule has 2 aliphatic rings. The molecule has 26 heavy (non-hydrogen) atoms. The van der Waals surface area contributed by atoms with E-state index in [1.807, 2.05) is 44.7 Å². The Kier molecular flexibility index (Phi) is 3.80. The quantitative estimate of drug-likeness (QED) is 0.679. The summed E-state index contributed by atoms with van der Waals surface area (Å²) in [5.74, 6) is -0.0164. The molecule has 0 spiro atoms. The molecule has 5 heterocycles. The van der Waals surface area contributed by atoms with E-state index in [1.165, 1.54) is 11.3 Å². The normalized spacial score (nSPS) is 24.1. The lowest BCUT2D eigenvalue weighted by Gasteiger charge is -2.19. The minimum absolute atomic E-state index is 0.0164. The molecular formula is C17H19N5O3S. The summed E-state index contributed by atoms with van der Waals surface area (Å²) in [7, 11) is 0. The van der Waals surface area contributed by atoms with Crippen LogP contribution in [-0.2, 0) is 9.47 Å². The zero-order valence-electron chi connectivity index (χ0n) is 14.3.